The van der Waals surface area contributed by atoms with Crippen molar-refractivity contribution in [3.8, 4) is 11.6 Å². The molecule has 4 rings (SSSR count). The van der Waals surface area contributed by atoms with Crippen molar-refractivity contribution in [2.24, 2.45) is 0 Å². The molecule has 29 heavy (non-hydrogen) atoms. The lowest BCUT2D eigenvalue weighted by Crippen LogP contribution is -2.05. The Morgan fingerprint density at radius 3 is 2.62 bits per heavy atom. The van der Waals surface area contributed by atoms with Crippen molar-refractivity contribution in [1.82, 2.24) is 9.55 Å². The van der Waals surface area contributed by atoms with Crippen LogP contribution in [0.2, 0.25) is 0 Å². The summed E-state index contributed by atoms with van der Waals surface area (Å²) < 4.78 is 28.4. The van der Waals surface area contributed by atoms with Crippen LogP contribution >= 0.6 is 0 Å². The van der Waals surface area contributed by atoms with E-state index < -0.39 is 11.6 Å². The molecular weight excluding hydrogens is 374 g/mol. The van der Waals surface area contributed by atoms with Crippen LogP contribution in [-0.2, 0) is 6.42 Å². The summed E-state index contributed by atoms with van der Waals surface area (Å²) in [7, 11) is 0. The molecule has 0 aliphatic carbocycles. The molecule has 0 atom stereocenters. The Labute approximate surface area is 166 Å². The lowest BCUT2D eigenvalue weighted by Gasteiger charge is -2.07. The SMILES string of the molecule is Cc1c(C(=O)CCc2ccc(F)c(F)c2)c2cc(O)ccc2n1-c1ccccn1. The average Bonchev–Trinajstić information content (AvgIpc) is 3.00. The van der Waals surface area contributed by atoms with Gasteiger partial charge in [0.15, 0.2) is 17.4 Å². The molecule has 1 N–H and O–H groups in total. The first-order valence-corrected chi connectivity index (χ1v) is 9.18. The molecule has 2 aromatic heterocycles. The fourth-order valence-electron chi connectivity index (χ4n) is 3.62. The number of ketones is 1. The van der Waals surface area contributed by atoms with E-state index in [0.29, 0.717) is 28.0 Å². The number of aromatic hydroxyl groups is 1. The number of fused-ring (bicyclic) bond motifs is 1. The zero-order valence-corrected chi connectivity index (χ0v) is 15.7. The van der Waals surface area contributed by atoms with Gasteiger partial charge in [0.25, 0.3) is 0 Å². The minimum absolute atomic E-state index is 0.0605. The van der Waals surface area contributed by atoms with Gasteiger partial charge in [-0.1, -0.05) is 12.1 Å². The largest absolute Gasteiger partial charge is 0.508 e. The standard InChI is InChI=1S/C23H18F2N2O2/c1-14-23(21(29)10-6-15-5-8-18(24)19(25)12-15)17-13-16(28)7-9-20(17)27(14)22-4-2-3-11-26-22/h2-5,7-9,11-13,28H,6,10H2,1H3. The van der Waals surface area contributed by atoms with Gasteiger partial charge in [-0.15, -0.1) is 0 Å². The summed E-state index contributed by atoms with van der Waals surface area (Å²) in [5.74, 6) is -1.25. The molecule has 0 spiro atoms. The van der Waals surface area contributed by atoms with Crippen LogP contribution < -0.4 is 0 Å². The van der Waals surface area contributed by atoms with Crippen molar-refractivity contribution in [3.63, 3.8) is 0 Å². The highest BCUT2D eigenvalue weighted by Crippen LogP contribution is 2.32. The van der Waals surface area contributed by atoms with E-state index in [1.54, 1.807) is 24.4 Å². The number of halogens is 2. The second-order valence-corrected chi connectivity index (χ2v) is 6.86. The highest BCUT2D eigenvalue weighted by Gasteiger charge is 2.21. The number of hydrogen-bond donors (Lipinski definition) is 1. The van der Waals surface area contributed by atoms with Gasteiger partial charge in [0.05, 0.1) is 5.52 Å². The van der Waals surface area contributed by atoms with Gasteiger partial charge in [-0.05, 0) is 61.4 Å². The second kappa shape index (κ2) is 7.47. The summed E-state index contributed by atoms with van der Waals surface area (Å²) in [6.07, 6.45) is 2.08. The minimum atomic E-state index is -0.928. The Morgan fingerprint density at radius 1 is 1.07 bits per heavy atom. The van der Waals surface area contributed by atoms with Crippen molar-refractivity contribution in [1.29, 1.82) is 0 Å². The Morgan fingerprint density at radius 2 is 1.90 bits per heavy atom. The third-order valence-electron chi connectivity index (χ3n) is 4.97. The van der Waals surface area contributed by atoms with Crippen molar-refractivity contribution in [3.05, 3.63) is 89.2 Å². The molecule has 0 unspecified atom stereocenters. The molecule has 0 aliphatic heterocycles. The van der Waals surface area contributed by atoms with Crippen molar-refractivity contribution < 1.29 is 18.7 Å². The predicted molar refractivity (Wildman–Crippen MR) is 106 cm³/mol. The zero-order chi connectivity index (χ0) is 20.5. The first kappa shape index (κ1) is 18.8. The van der Waals surface area contributed by atoms with Crippen molar-refractivity contribution in [2.45, 2.75) is 19.8 Å². The topological polar surface area (TPSA) is 55.1 Å². The van der Waals surface area contributed by atoms with Crippen LogP contribution in [-0.4, -0.2) is 20.4 Å². The number of rotatable bonds is 5. The van der Waals surface area contributed by atoms with Gasteiger partial charge < -0.3 is 5.11 Å². The van der Waals surface area contributed by atoms with Gasteiger partial charge in [0.2, 0.25) is 0 Å². The quantitative estimate of drug-likeness (QED) is 0.479. The Kier molecular flexibility index (Phi) is 4.84. The van der Waals surface area contributed by atoms with E-state index in [1.807, 2.05) is 29.7 Å². The van der Waals surface area contributed by atoms with E-state index in [4.69, 9.17) is 0 Å². The van der Waals surface area contributed by atoms with Crippen LogP contribution in [0.3, 0.4) is 0 Å². The van der Waals surface area contributed by atoms with Gasteiger partial charge in [0.1, 0.15) is 11.6 Å². The number of Topliss-reactive ketones (excluding diaryl/α,β-unsaturated/α-hetero) is 1. The van der Waals surface area contributed by atoms with Crippen LogP contribution in [0, 0.1) is 18.6 Å². The molecular formula is C23H18F2N2O2. The number of hydrogen-bond acceptors (Lipinski definition) is 3. The summed E-state index contributed by atoms with van der Waals surface area (Å²) in [6, 6.07) is 14.0. The number of pyridine rings is 1. The lowest BCUT2D eigenvalue weighted by molar-refractivity contribution is 0.0983. The first-order chi connectivity index (χ1) is 14.0. The molecule has 6 heteroatoms. The van der Waals surface area contributed by atoms with Crippen LogP contribution in [0.1, 0.15) is 28.0 Å². The molecule has 0 saturated carbocycles. The minimum Gasteiger partial charge on any atom is -0.508 e. The number of nitrogens with zero attached hydrogens (tertiary/aromatic N) is 2. The summed E-state index contributed by atoms with van der Waals surface area (Å²) in [6.45, 7) is 1.83. The molecule has 0 bridgehead atoms. The van der Waals surface area contributed by atoms with Crippen molar-refractivity contribution in [2.75, 3.05) is 0 Å². The molecule has 4 aromatic rings. The molecule has 146 valence electrons. The van der Waals surface area contributed by atoms with E-state index in [2.05, 4.69) is 4.98 Å². The van der Waals surface area contributed by atoms with E-state index >= 15 is 0 Å². The predicted octanol–water partition coefficient (Wildman–Crippen LogP) is 5.13. The summed E-state index contributed by atoms with van der Waals surface area (Å²) in [5, 5.41) is 10.6. The number of phenols is 1. The first-order valence-electron chi connectivity index (χ1n) is 9.18. The molecule has 0 fully saturated rings. The lowest BCUT2D eigenvalue weighted by atomic mass is 10.00. The van der Waals surface area contributed by atoms with E-state index in [0.717, 1.165) is 17.6 Å². The summed E-state index contributed by atoms with van der Waals surface area (Å²) in [5.41, 5.74) is 2.50. The number of aryl methyl sites for hydroxylation is 1. The molecule has 0 amide bonds. The molecule has 0 saturated heterocycles. The average molecular weight is 392 g/mol. The van der Waals surface area contributed by atoms with Gasteiger partial charge in [0, 0.05) is 29.3 Å². The Hall–Kier alpha value is -3.54. The van der Waals surface area contributed by atoms with E-state index in [-0.39, 0.29) is 24.4 Å². The van der Waals surface area contributed by atoms with Crippen LogP contribution in [0.25, 0.3) is 16.7 Å². The zero-order valence-electron chi connectivity index (χ0n) is 15.7. The molecule has 0 radical (unpaired) electrons. The highest BCUT2D eigenvalue weighted by molar-refractivity contribution is 6.10. The monoisotopic (exact) mass is 392 g/mol. The summed E-state index contributed by atoms with van der Waals surface area (Å²) in [4.78, 5) is 17.5. The van der Waals surface area contributed by atoms with Crippen LogP contribution in [0.15, 0.2) is 60.8 Å². The third-order valence-corrected chi connectivity index (χ3v) is 4.97. The number of phenolic OH excluding ortho intramolecular Hbond substituents is 1. The normalized spacial score (nSPS) is 11.1. The van der Waals surface area contributed by atoms with E-state index in [1.165, 1.54) is 6.07 Å². The van der Waals surface area contributed by atoms with Crippen LogP contribution in [0.5, 0.6) is 5.75 Å². The van der Waals surface area contributed by atoms with Gasteiger partial charge in [-0.3, -0.25) is 9.36 Å². The Balaban J connectivity index is 1.74. The van der Waals surface area contributed by atoms with Crippen LogP contribution in [0.4, 0.5) is 8.78 Å². The van der Waals surface area contributed by atoms with E-state index in [9.17, 15) is 18.7 Å². The number of benzene rings is 2. The Bertz CT molecular complexity index is 1220. The van der Waals surface area contributed by atoms with Gasteiger partial charge >= 0.3 is 0 Å². The fraction of sp³-hybridized carbons (Fsp3) is 0.130. The summed E-state index contributed by atoms with van der Waals surface area (Å²) >= 11 is 0. The highest BCUT2D eigenvalue weighted by atomic mass is 19.2. The van der Waals surface area contributed by atoms with Gasteiger partial charge in [-0.2, -0.15) is 0 Å². The van der Waals surface area contributed by atoms with Gasteiger partial charge in [-0.25, -0.2) is 13.8 Å². The second-order valence-electron chi connectivity index (χ2n) is 6.86. The third kappa shape index (κ3) is 3.49. The maximum Gasteiger partial charge on any atom is 0.165 e. The molecule has 0 aliphatic rings. The molecule has 2 aromatic carbocycles. The molecule has 4 nitrogen and oxygen atoms in total. The fourth-order valence-corrected chi connectivity index (χ4v) is 3.62. The number of aromatic nitrogens is 2. The van der Waals surface area contributed by atoms with Crippen molar-refractivity contribution >= 4 is 16.7 Å². The molecule has 2 heterocycles. The number of carbonyl (C=O) groups is 1. The maximum atomic E-state index is 13.4. The maximum absolute atomic E-state index is 13.4. The number of carbonyl (C=O) groups excluding carboxylic acids is 1. The smallest absolute Gasteiger partial charge is 0.165 e.